The topological polar surface area (TPSA) is 83.8 Å². The number of hydrogen-bond donors (Lipinski definition) is 2. The van der Waals surface area contributed by atoms with Gasteiger partial charge in [0.05, 0.1) is 0 Å². The lowest BCUT2D eigenvalue weighted by Crippen LogP contribution is -2.17. The van der Waals surface area contributed by atoms with Gasteiger partial charge < -0.3 is 5.11 Å². The van der Waals surface area contributed by atoms with Crippen LogP contribution in [0.3, 0.4) is 0 Å². The largest absolute Gasteiger partial charge is 0.695 e. The molecule has 0 saturated heterocycles. The third-order valence-electron chi connectivity index (χ3n) is 3.75. The van der Waals surface area contributed by atoms with Crippen molar-refractivity contribution in [2.24, 2.45) is 0 Å². The second-order valence-electron chi connectivity index (χ2n) is 8.16. The van der Waals surface area contributed by atoms with E-state index in [0.717, 1.165) is 16.7 Å². The molecule has 0 radical (unpaired) electrons. The lowest BCUT2D eigenvalue weighted by Gasteiger charge is -2.27. The van der Waals surface area contributed by atoms with E-state index in [1.807, 2.05) is 59.8 Å². The van der Waals surface area contributed by atoms with Gasteiger partial charge in [-0.1, -0.05) is 59.8 Å². The van der Waals surface area contributed by atoms with Crippen molar-refractivity contribution >= 4 is 20.1 Å². The highest BCUT2D eigenvalue weighted by molar-refractivity contribution is 7.32. The number of aromatic hydroxyl groups is 1. The van der Waals surface area contributed by atoms with E-state index in [9.17, 15) is 14.5 Å². The Kier molecular flexibility index (Phi) is 7.45. The maximum absolute atomic E-state index is 11.5. The molecule has 6 heteroatoms. The van der Waals surface area contributed by atoms with E-state index in [1.54, 1.807) is 12.2 Å². The van der Waals surface area contributed by atoms with Crippen molar-refractivity contribution in [2.45, 2.75) is 52.4 Å². The van der Waals surface area contributed by atoms with Crippen molar-refractivity contribution in [3.63, 3.8) is 0 Å². The fourth-order valence-corrected chi connectivity index (χ4v) is 2.63. The minimum absolute atomic E-state index is 0.210. The van der Waals surface area contributed by atoms with E-state index in [2.05, 4.69) is 4.52 Å². The molecule has 1 rings (SSSR count). The maximum atomic E-state index is 11.5. The van der Waals surface area contributed by atoms with Gasteiger partial charge >= 0.3 is 8.25 Å². The van der Waals surface area contributed by atoms with Gasteiger partial charge in [0, 0.05) is 15.7 Å². The maximum Gasteiger partial charge on any atom is 0.695 e. The van der Waals surface area contributed by atoms with Gasteiger partial charge in [0.1, 0.15) is 5.75 Å². The summed E-state index contributed by atoms with van der Waals surface area (Å²) in [7, 11) is -2.77. The Morgan fingerprint density at radius 1 is 1.08 bits per heavy atom. The van der Waals surface area contributed by atoms with Crippen molar-refractivity contribution in [1.82, 2.24) is 0 Å². The number of benzene rings is 1. The van der Waals surface area contributed by atoms with Crippen molar-refractivity contribution in [3.8, 4) is 5.75 Å². The van der Waals surface area contributed by atoms with E-state index in [0.29, 0.717) is 5.75 Å². The summed E-state index contributed by atoms with van der Waals surface area (Å²) >= 11 is 0. The van der Waals surface area contributed by atoms with Crippen LogP contribution in [-0.2, 0) is 24.7 Å². The molecule has 0 aromatic heterocycles. The van der Waals surface area contributed by atoms with Gasteiger partial charge in [0.15, 0.2) is 12.4 Å². The Morgan fingerprint density at radius 3 is 2.00 bits per heavy atom. The van der Waals surface area contributed by atoms with Gasteiger partial charge in [-0.3, -0.25) is 4.79 Å². The Morgan fingerprint density at radius 2 is 1.58 bits per heavy atom. The minimum Gasteiger partial charge on any atom is -0.507 e. The van der Waals surface area contributed by atoms with Crippen LogP contribution in [0.1, 0.15) is 58.2 Å². The van der Waals surface area contributed by atoms with Gasteiger partial charge in [0.25, 0.3) is 0 Å². The predicted molar refractivity (Wildman–Crippen MR) is 104 cm³/mol. The van der Waals surface area contributed by atoms with E-state index in [-0.39, 0.29) is 10.8 Å². The van der Waals surface area contributed by atoms with Crippen LogP contribution in [0.5, 0.6) is 5.75 Å². The molecular formula is C20H28O5P+. The number of rotatable bonds is 6. The van der Waals surface area contributed by atoms with Gasteiger partial charge in [-0.15, -0.1) is 9.42 Å². The molecule has 2 N–H and O–H groups in total. The zero-order valence-corrected chi connectivity index (χ0v) is 17.1. The molecule has 1 aromatic rings. The summed E-state index contributed by atoms with van der Waals surface area (Å²) in [5, 5.41) is 10.7. The lowest BCUT2D eigenvalue weighted by atomic mass is 9.78. The first-order valence-electron chi connectivity index (χ1n) is 8.37. The predicted octanol–water partition coefficient (Wildman–Crippen LogP) is 4.79. The number of phenols is 1. The van der Waals surface area contributed by atoms with Crippen LogP contribution < -0.4 is 0 Å². The van der Waals surface area contributed by atoms with Gasteiger partial charge in [-0.05, 0) is 34.6 Å². The van der Waals surface area contributed by atoms with Crippen LogP contribution in [-0.4, -0.2) is 22.4 Å². The molecule has 26 heavy (non-hydrogen) atoms. The molecule has 5 nitrogen and oxygen atoms in total. The van der Waals surface area contributed by atoms with Gasteiger partial charge in [-0.2, -0.15) is 0 Å². The third-order valence-corrected chi connectivity index (χ3v) is 4.10. The number of carbonyl (C=O) groups is 1. The molecule has 0 amide bonds. The van der Waals surface area contributed by atoms with Crippen LogP contribution in [0.2, 0.25) is 0 Å². The summed E-state index contributed by atoms with van der Waals surface area (Å²) in [4.78, 5) is 20.0. The molecule has 0 heterocycles. The monoisotopic (exact) mass is 379 g/mol. The molecule has 1 unspecified atom stereocenters. The van der Waals surface area contributed by atoms with E-state index in [4.69, 9.17) is 4.89 Å². The first-order chi connectivity index (χ1) is 11.8. The van der Waals surface area contributed by atoms with Crippen LogP contribution in [0.25, 0.3) is 6.08 Å². The van der Waals surface area contributed by atoms with Gasteiger partial charge in [0.2, 0.25) is 0 Å². The average Bonchev–Trinajstić information content (AvgIpc) is 2.48. The highest BCUT2D eigenvalue weighted by Gasteiger charge is 2.26. The molecule has 1 aromatic carbocycles. The Balaban J connectivity index is 3.10. The molecule has 0 aliphatic heterocycles. The van der Waals surface area contributed by atoms with E-state index >= 15 is 0 Å². The highest BCUT2D eigenvalue weighted by Crippen LogP contribution is 2.39. The molecule has 142 valence electrons. The lowest BCUT2D eigenvalue weighted by molar-refractivity contribution is -0.116. The standard InChI is InChI=1S/C20H27O5P/c1-19(2,3)16-11-14(12-17(18(16)22)20(4,5)6)9-7-8-10-15(21)13-25-26(23)24/h7-12H,13H2,1-6H3,(H-,21,22,23,24)/p+1. The number of phenolic OH excluding ortho intramolecular Hbond substituents is 1. The van der Waals surface area contributed by atoms with Crippen LogP contribution in [0.15, 0.2) is 30.4 Å². The summed E-state index contributed by atoms with van der Waals surface area (Å²) in [6.07, 6.45) is 6.39. The normalized spacial score (nSPS) is 13.6. The molecule has 0 fully saturated rings. The fourth-order valence-electron chi connectivity index (χ4n) is 2.39. The number of ketones is 1. The molecule has 0 saturated carbocycles. The molecular weight excluding hydrogens is 351 g/mol. The Hall–Kier alpha value is -1.81. The van der Waals surface area contributed by atoms with Crippen molar-refractivity contribution in [1.29, 1.82) is 0 Å². The number of carbonyl (C=O) groups excluding carboxylic acids is 1. The molecule has 0 aliphatic rings. The third kappa shape index (κ3) is 6.83. The molecule has 0 aliphatic carbocycles. The Labute approximate surface area is 156 Å². The summed E-state index contributed by atoms with van der Waals surface area (Å²) in [6.45, 7) is 11.9. The van der Waals surface area contributed by atoms with E-state index < -0.39 is 20.6 Å². The average molecular weight is 379 g/mol. The number of allylic oxidation sites excluding steroid dienone is 2. The summed E-state index contributed by atoms with van der Waals surface area (Å²) < 4.78 is 14.7. The highest BCUT2D eigenvalue weighted by atomic mass is 31.1. The Bertz CT molecular complexity index is 699. The van der Waals surface area contributed by atoms with Crippen LogP contribution >= 0.6 is 8.25 Å². The summed E-state index contributed by atoms with van der Waals surface area (Å²) in [5.41, 5.74) is 2.23. The van der Waals surface area contributed by atoms with Crippen LogP contribution in [0, 0.1) is 0 Å². The zero-order chi connectivity index (χ0) is 20.1. The van der Waals surface area contributed by atoms with Crippen molar-refractivity contribution in [2.75, 3.05) is 6.61 Å². The number of hydrogen-bond acceptors (Lipinski definition) is 4. The van der Waals surface area contributed by atoms with Crippen molar-refractivity contribution in [3.05, 3.63) is 47.1 Å². The second-order valence-corrected chi connectivity index (χ2v) is 8.89. The second kappa shape index (κ2) is 8.72. The first kappa shape index (κ1) is 22.2. The molecule has 1 atom stereocenters. The van der Waals surface area contributed by atoms with E-state index in [1.165, 1.54) is 6.08 Å². The smallest absolute Gasteiger partial charge is 0.507 e. The minimum atomic E-state index is -2.77. The van der Waals surface area contributed by atoms with Crippen LogP contribution in [0.4, 0.5) is 0 Å². The molecule has 0 spiro atoms. The fraction of sp³-hybridized carbons (Fsp3) is 0.450. The SMILES string of the molecule is CC(C)(C)c1cc(/C=C/C=C/C(=O)CO[P+](=O)O)cc(C(C)(C)C)c1O. The first-order valence-corrected chi connectivity index (χ1v) is 9.50. The summed E-state index contributed by atoms with van der Waals surface area (Å²) in [5.74, 6) is -0.0772. The zero-order valence-electron chi connectivity index (χ0n) is 16.2. The van der Waals surface area contributed by atoms with Crippen molar-refractivity contribution < 1.29 is 23.9 Å². The quantitative estimate of drug-likeness (QED) is 0.422. The summed E-state index contributed by atoms with van der Waals surface area (Å²) in [6, 6.07) is 3.88. The molecule has 0 bridgehead atoms. The van der Waals surface area contributed by atoms with Gasteiger partial charge in [-0.25, -0.2) is 0 Å².